The minimum atomic E-state index is 0.123. The lowest BCUT2D eigenvalue weighted by molar-refractivity contribution is 0.476. The van der Waals surface area contributed by atoms with Gasteiger partial charge in [-0.15, -0.1) is 0 Å². The molecule has 0 saturated carbocycles. The molecule has 0 aliphatic heterocycles. The third-order valence-electron chi connectivity index (χ3n) is 7.16. The van der Waals surface area contributed by atoms with Crippen LogP contribution in [0.15, 0.2) is 143 Å². The summed E-state index contributed by atoms with van der Waals surface area (Å²) in [5, 5.41) is 55.4. The molecular formula is C42H26N6O4. The molecule has 10 heteroatoms. The summed E-state index contributed by atoms with van der Waals surface area (Å²) in [5.41, 5.74) is 3.86. The lowest BCUT2D eigenvalue weighted by Crippen LogP contribution is -1.89. The van der Waals surface area contributed by atoms with Crippen molar-refractivity contribution in [3.8, 4) is 58.8 Å². The van der Waals surface area contributed by atoms with E-state index < -0.39 is 0 Å². The van der Waals surface area contributed by atoms with Gasteiger partial charge in [0.25, 0.3) is 0 Å². The van der Waals surface area contributed by atoms with E-state index in [1.54, 1.807) is 109 Å². The Balaban J connectivity index is 0.000000201. The van der Waals surface area contributed by atoms with Gasteiger partial charge in [0, 0.05) is 12.4 Å². The average Bonchev–Trinajstić information content (AvgIpc) is 3.18. The molecule has 0 aliphatic carbocycles. The van der Waals surface area contributed by atoms with Gasteiger partial charge in [-0.3, -0.25) is 9.98 Å². The highest BCUT2D eigenvalue weighted by Gasteiger charge is 2.06. The van der Waals surface area contributed by atoms with Crippen LogP contribution >= 0.6 is 0 Å². The molecule has 10 nitrogen and oxygen atoms in total. The first kappa shape index (κ1) is 35.1. The van der Waals surface area contributed by atoms with Crippen LogP contribution in [0.5, 0.6) is 34.5 Å². The van der Waals surface area contributed by atoms with Crippen molar-refractivity contribution in [3.63, 3.8) is 0 Å². The topological polar surface area (TPSA) is 179 Å². The molecule has 0 bridgehead atoms. The summed E-state index contributed by atoms with van der Waals surface area (Å²) in [5.74, 6) is 2.40. The standard InChI is InChI=1S/2C21H13N3O2/c2*22-12-16-7-10-19(11-17(16)13-23)26-18-8-5-15(6-9-18)14-24-20-3-1-2-4-21(20)25/h2*1-11,14,25H. The van der Waals surface area contributed by atoms with Crippen LogP contribution in [0.3, 0.4) is 0 Å². The van der Waals surface area contributed by atoms with E-state index in [9.17, 15) is 10.2 Å². The van der Waals surface area contributed by atoms with E-state index in [2.05, 4.69) is 9.98 Å². The maximum absolute atomic E-state index is 9.70. The Morgan fingerprint density at radius 3 is 1.12 bits per heavy atom. The van der Waals surface area contributed by atoms with E-state index in [1.807, 2.05) is 48.5 Å². The molecule has 0 saturated heterocycles. The monoisotopic (exact) mass is 678 g/mol. The average molecular weight is 679 g/mol. The third kappa shape index (κ3) is 9.46. The van der Waals surface area contributed by atoms with E-state index >= 15 is 0 Å². The van der Waals surface area contributed by atoms with Crippen LogP contribution in [0, 0.1) is 45.3 Å². The molecule has 0 unspecified atom stereocenters. The van der Waals surface area contributed by atoms with Gasteiger partial charge < -0.3 is 19.7 Å². The molecule has 248 valence electrons. The van der Waals surface area contributed by atoms with Gasteiger partial charge in [-0.2, -0.15) is 21.0 Å². The molecule has 0 amide bonds. The molecule has 0 aromatic heterocycles. The van der Waals surface area contributed by atoms with Crippen LogP contribution in [0.25, 0.3) is 0 Å². The second-order valence-corrected chi connectivity index (χ2v) is 10.7. The summed E-state index contributed by atoms with van der Waals surface area (Å²) < 4.78 is 11.4. The second-order valence-electron chi connectivity index (χ2n) is 10.7. The Labute approximate surface area is 299 Å². The molecule has 6 aromatic carbocycles. The highest BCUT2D eigenvalue weighted by molar-refractivity contribution is 5.83. The first-order valence-corrected chi connectivity index (χ1v) is 15.5. The molecule has 52 heavy (non-hydrogen) atoms. The molecule has 0 radical (unpaired) electrons. The maximum Gasteiger partial charge on any atom is 0.141 e. The van der Waals surface area contributed by atoms with Gasteiger partial charge in [0.15, 0.2) is 0 Å². The number of benzene rings is 6. The van der Waals surface area contributed by atoms with Gasteiger partial charge >= 0.3 is 0 Å². The molecule has 0 atom stereocenters. The number of phenols is 2. The Morgan fingerprint density at radius 2 is 0.769 bits per heavy atom. The van der Waals surface area contributed by atoms with Gasteiger partial charge in [0.2, 0.25) is 0 Å². The first-order valence-electron chi connectivity index (χ1n) is 15.5. The zero-order valence-electron chi connectivity index (χ0n) is 27.3. The summed E-state index contributed by atoms with van der Waals surface area (Å²) in [6, 6.07) is 45.5. The van der Waals surface area contributed by atoms with Crippen molar-refractivity contribution >= 4 is 23.8 Å². The lowest BCUT2D eigenvalue weighted by Gasteiger charge is -2.06. The van der Waals surface area contributed by atoms with E-state index in [0.717, 1.165) is 11.1 Å². The Morgan fingerprint density at radius 1 is 0.423 bits per heavy atom. The zero-order chi connectivity index (χ0) is 36.7. The number of aliphatic imine (C=N–C) groups is 2. The van der Waals surface area contributed by atoms with Crippen LogP contribution < -0.4 is 9.47 Å². The molecule has 6 rings (SSSR count). The molecule has 0 spiro atoms. The Bertz CT molecular complexity index is 2260. The highest BCUT2D eigenvalue weighted by atomic mass is 16.5. The summed E-state index contributed by atoms with van der Waals surface area (Å²) in [4.78, 5) is 8.50. The van der Waals surface area contributed by atoms with Crippen LogP contribution in [0.4, 0.5) is 11.4 Å². The van der Waals surface area contributed by atoms with Crippen LogP contribution in [-0.4, -0.2) is 22.6 Å². The quantitative estimate of drug-likeness (QED) is 0.149. The Kier molecular flexibility index (Phi) is 11.7. The van der Waals surface area contributed by atoms with Crippen molar-refractivity contribution in [3.05, 3.63) is 167 Å². The molecule has 0 fully saturated rings. The fourth-order valence-electron chi connectivity index (χ4n) is 4.50. The normalized spacial score (nSPS) is 10.2. The highest BCUT2D eigenvalue weighted by Crippen LogP contribution is 2.28. The summed E-state index contributed by atoms with van der Waals surface area (Å²) in [7, 11) is 0. The zero-order valence-corrected chi connectivity index (χ0v) is 27.3. The van der Waals surface area contributed by atoms with E-state index in [0.29, 0.717) is 45.5 Å². The number of nitriles is 4. The van der Waals surface area contributed by atoms with Crippen molar-refractivity contribution in [1.82, 2.24) is 0 Å². The summed E-state index contributed by atoms with van der Waals surface area (Å²) in [6.07, 6.45) is 3.29. The second kappa shape index (κ2) is 17.3. The van der Waals surface area contributed by atoms with Crippen LogP contribution in [0.2, 0.25) is 0 Å². The fraction of sp³-hybridized carbons (Fsp3) is 0. The number of phenolic OH excluding ortho intramolecular Hbond substituents is 2. The molecule has 0 aliphatic rings. The van der Waals surface area contributed by atoms with Crippen molar-refractivity contribution in [2.75, 3.05) is 0 Å². The van der Waals surface area contributed by atoms with Crippen LogP contribution in [-0.2, 0) is 0 Å². The summed E-state index contributed by atoms with van der Waals surface area (Å²) >= 11 is 0. The fourth-order valence-corrected chi connectivity index (χ4v) is 4.50. The lowest BCUT2D eigenvalue weighted by atomic mass is 10.1. The number of hydrogen-bond donors (Lipinski definition) is 2. The number of hydrogen-bond acceptors (Lipinski definition) is 10. The number of rotatable bonds is 8. The molecule has 6 aromatic rings. The SMILES string of the molecule is N#Cc1ccc(Oc2ccc(C=Nc3ccccc3O)cc2)cc1C#N.N#Cc1ccc(Oc2ccc(C=Nc3ccccc3O)cc2)cc1C#N. The van der Waals surface area contributed by atoms with Gasteiger partial charge in [0.05, 0.1) is 22.3 Å². The minimum Gasteiger partial charge on any atom is -0.506 e. The first-order chi connectivity index (χ1) is 25.4. The van der Waals surface area contributed by atoms with Crippen molar-refractivity contribution in [2.24, 2.45) is 9.98 Å². The number of para-hydroxylation sites is 4. The summed E-state index contributed by atoms with van der Waals surface area (Å²) in [6.45, 7) is 0. The largest absolute Gasteiger partial charge is 0.506 e. The van der Waals surface area contributed by atoms with E-state index in [1.165, 1.54) is 12.1 Å². The number of ether oxygens (including phenoxy) is 2. The Hall–Kier alpha value is -8.18. The minimum absolute atomic E-state index is 0.123. The van der Waals surface area contributed by atoms with E-state index in [-0.39, 0.29) is 22.6 Å². The predicted molar refractivity (Wildman–Crippen MR) is 195 cm³/mol. The van der Waals surface area contributed by atoms with E-state index in [4.69, 9.17) is 30.5 Å². The molecular weight excluding hydrogens is 652 g/mol. The molecule has 2 N–H and O–H groups in total. The van der Waals surface area contributed by atoms with Crippen molar-refractivity contribution < 1.29 is 19.7 Å². The number of nitrogens with zero attached hydrogens (tertiary/aromatic N) is 6. The van der Waals surface area contributed by atoms with Gasteiger partial charge in [-0.25, -0.2) is 0 Å². The smallest absolute Gasteiger partial charge is 0.141 e. The predicted octanol–water partition coefficient (Wildman–Crippen LogP) is 9.36. The van der Waals surface area contributed by atoms with Crippen molar-refractivity contribution in [2.45, 2.75) is 0 Å². The van der Waals surface area contributed by atoms with Crippen LogP contribution in [0.1, 0.15) is 33.4 Å². The van der Waals surface area contributed by atoms with Gasteiger partial charge in [-0.05, 0) is 120 Å². The number of aromatic hydroxyl groups is 2. The third-order valence-corrected chi connectivity index (χ3v) is 7.16. The van der Waals surface area contributed by atoms with Gasteiger partial charge in [0.1, 0.15) is 70.1 Å². The van der Waals surface area contributed by atoms with Crippen molar-refractivity contribution in [1.29, 1.82) is 21.0 Å². The van der Waals surface area contributed by atoms with Gasteiger partial charge in [-0.1, -0.05) is 24.3 Å². The molecule has 0 heterocycles. The maximum atomic E-state index is 9.70.